The highest BCUT2D eigenvalue weighted by Gasteiger charge is 2.23. The molecule has 0 aliphatic carbocycles. The smallest absolute Gasteiger partial charge is 0.287 e. The van der Waals surface area contributed by atoms with Crippen LogP contribution >= 0.6 is 11.8 Å². The summed E-state index contributed by atoms with van der Waals surface area (Å²) in [6.45, 7) is 1.88. The second-order valence-corrected chi connectivity index (χ2v) is 6.01. The molecule has 0 bridgehead atoms. The summed E-state index contributed by atoms with van der Waals surface area (Å²) in [6, 6.07) is 11.4. The maximum atomic E-state index is 12.2. The second kappa shape index (κ2) is 6.83. The third-order valence-corrected chi connectivity index (χ3v) is 3.95. The number of aliphatic hydroxyl groups is 1. The van der Waals surface area contributed by atoms with Gasteiger partial charge in [0.1, 0.15) is 0 Å². The molecule has 1 atom stereocenters. The average molecular weight is 305 g/mol. The molecule has 1 aromatic heterocycles. The number of carbonyl (C=O) groups excluding carboxylic acids is 1. The van der Waals surface area contributed by atoms with Gasteiger partial charge in [-0.25, -0.2) is 0 Å². The number of nitrogens with one attached hydrogen (secondary N) is 1. The Morgan fingerprint density at radius 1 is 1.33 bits per heavy atom. The minimum Gasteiger partial charge on any atom is -0.459 e. The molecule has 2 aromatic rings. The van der Waals surface area contributed by atoms with Crippen LogP contribution in [-0.4, -0.2) is 35.2 Å². The molecule has 1 aromatic carbocycles. The summed E-state index contributed by atoms with van der Waals surface area (Å²) in [6.07, 6.45) is 3.41. The number of amides is 1. The van der Waals surface area contributed by atoms with Gasteiger partial charge in [0, 0.05) is 17.9 Å². The van der Waals surface area contributed by atoms with Gasteiger partial charge in [-0.1, -0.05) is 30.3 Å². The fourth-order valence-corrected chi connectivity index (χ4v) is 2.77. The largest absolute Gasteiger partial charge is 0.459 e. The third kappa shape index (κ3) is 4.12. The average Bonchev–Trinajstić information content (AvgIpc) is 2.95. The molecule has 0 spiro atoms. The molecule has 5 heteroatoms. The Hall–Kier alpha value is -1.72. The molecule has 0 aliphatic heterocycles. The Morgan fingerprint density at radius 3 is 2.71 bits per heavy atom. The van der Waals surface area contributed by atoms with Crippen molar-refractivity contribution in [3.63, 3.8) is 0 Å². The summed E-state index contributed by atoms with van der Waals surface area (Å²) in [7, 11) is 0. The summed E-state index contributed by atoms with van der Waals surface area (Å²) in [5.41, 5.74) is 0.735. The van der Waals surface area contributed by atoms with Crippen LogP contribution in [0.5, 0.6) is 0 Å². The van der Waals surface area contributed by atoms with Crippen molar-refractivity contribution < 1.29 is 14.3 Å². The van der Waals surface area contributed by atoms with E-state index >= 15 is 0 Å². The molecule has 4 nitrogen and oxygen atoms in total. The number of thioether (sulfide) groups is 1. The number of benzene rings is 1. The predicted octanol–water partition coefficient (Wildman–Crippen LogP) is 2.79. The van der Waals surface area contributed by atoms with E-state index in [1.165, 1.54) is 18.0 Å². The Morgan fingerprint density at radius 2 is 2.05 bits per heavy atom. The summed E-state index contributed by atoms with van der Waals surface area (Å²) >= 11 is 1.53. The zero-order valence-corrected chi connectivity index (χ0v) is 12.9. The quantitative estimate of drug-likeness (QED) is 0.861. The van der Waals surface area contributed by atoms with Gasteiger partial charge in [0.05, 0.1) is 11.9 Å². The van der Waals surface area contributed by atoms with E-state index in [9.17, 15) is 9.90 Å². The van der Waals surface area contributed by atoms with E-state index < -0.39 is 5.60 Å². The van der Waals surface area contributed by atoms with Crippen LogP contribution in [0, 0.1) is 0 Å². The Balaban J connectivity index is 2.10. The highest BCUT2D eigenvalue weighted by molar-refractivity contribution is 7.98. The molecule has 0 aliphatic rings. The van der Waals surface area contributed by atoms with E-state index in [-0.39, 0.29) is 18.2 Å². The SMILES string of the molecule is CSC[C@](C)(O)CNC(=O)c1occc1-c1ccccc1. The van der Waals surface area contributed by atoms with Gasteiger partial charge in [-0.15, -0.1) is 0 Å². The van der Waals surface area contributed by atoms with Crippen molar-refractivity contribution in [2.75, 3.05) is 18.6 Å². The normalized spacial score (nSPS) is 13.7. The maximum absolute atomic E-state index is 12.2. The molecular formula is C16H19NO3S. The van der Waals surface area contributed by atoms with Crippen molar-refractivity contribution in [2.24, 2.45) is 0 Å². The van der Waals surface area contributed by atoms with E-state index in [1.54, 1.807) is 13.0 Å². The predicted molar refractivity (Wildman–Crippen MR) is 85.5 cm³/mol. The molecule has 0 saturated carbocycles. The molecule has 21 heavy (non-hydrogen) atoms. The first-order valence-electron chi connectivity index (χ1n) is 6.66. The van der Waals surface area contributed by atoms with Crippen LogP contribution in [-0.2, 0) is 0 Å². The molecule has 2 N–H and O–H groups in total. The summed E-state index contributed by atoms with van der Waals surface area (Å²) in [5, 5.41) is 12.8. The summed E-state index contributed by atoms with van der Waals surface area (Å²) < 4.78 is 5.31. The molecule has 0 saturated heterocycles. The lowest BCUT2D eigenvalue weighted by molar-refractivity contribution is 0.0710. The first-order chi connectivity index (χ1) is 10.0. The highest BCUT2D eigenvalue weighted by Crippen LogP contribution is 2.24. The molecular weight excluding hydrogens is 286 g/mol. The van der Waals surface area contributed by atoms with Crippen LogP contribution in [0.4, 0.5) is 0 Å². The second-order valence-electron chi connectivity index (χ2n) is 5.14. The Labute approximate surface area is 128 Å². The van der Waals surface area contributed by atoms with Crippen LogP contribution in [0.2, 0.25) is 0 Å². The monoisotopic (exact) mass is 305 g/mol. The number of furan rings is 1. The van der Waals surface area contributed by atoms with Gasteiger partial charge in [0.2, 0.25) is 0 Å². The van der Waals surface area contributed by atoms with Crippen molar-refractivity contribution in [2.45, 2.75) is 12.5 Å². The van der Waals surface area contributed by atoms with Crippen LogP contribution in [0.1, 0.15) is 17.5 Å². The Bertz CT molecular complexity index is 593. The number of carbonyl (C=O) groups is 1. The van der Waals surface area contributed by atoms with Crippen LogP contribution in [0.15, 0.2) is 47.1 Å². The maximum Gasteiger partial charge on any atom is 0.287 e. The van der Waals surface area contributed by atoms with Gasteiger partial charge >= 0.3 is 0 Å². The van der Waals surface area contributed by atoms with Crippen molar-refractivity contribution in [1.82, 2.24) is 5.32 Å². The first-order valence-corrected chi connectivity index (χ1v) is 8.05. The molecule has 1 amide bonds. The number of hydrogen-bond acceptors (Lipinski definition) is 4. The third-order valence-electron chi connectivity index (χ3n) is 3.04. The van der Waals surface area contributed by atoms with Crippen molar-refractivity contribution in [1.29, 1.82) is 0 Å². The van der Waals surface area contributed by atoms with Crippen LogP contribution in [0.3, 0.4) is 0 Å². The number of hydrogen-bond donors (Lipinski definition) is 2. The standard InChI is InChI=1S/C16H19NO3S/c1-16(19,11-21-2)10-17-15(18)14-13(8-9-20-14)12-6-4-3-5-7-12/h3-9,19H,10-11H2,1-2H3,(H,17,18)/t16-/m1/s1. The van der Waals surface area contributed by atoms with Gasteiger partial charge in [0.15, 0.2) is 5.76 Å². The van der Waals surface area contributed by atoms with E-state index in [0.717, 1.165) is 11.1 Å². The molecule has 0 fully saturated rings. The van der Waals surface area contributed by atoms with Gasteiger partial charge < -0.3 is 14.8 Å². The molecule has 0 radical (unpaired) electrons. The Kier molecular flexibility index (Phi) is 5.09. The minimum atomic E-state index is -0.936. The van der Waals surface area contributed by atoms with Crippen LogP contribution in [0.25, 0.3) is 11.1 Å². The minimum absolute atomic E-state index is 0.182. The van der Waals surface area contributed by atoms with Crippen molar-refractivity contribution >= 4 is 17.7 Å². The zero-order valence-electron chi connectivity index (χ0n) is 12.1. The first kappa shape index (κ1) is 15.7. The van der Waals surface area contributed by atoms with E-state index in [1.807, 2.05) is 36.6 Å². The summed E-state index contributed by atoms with van der Waals surface area (Å²) in [4.78, 5) is 12.2. The van der Waals surface area contributed by atoms with Gasteiger partial charge in [-0.2, -0.15) is 11.8 Å². The van der Waals surface area contributed by atoms with Crippen LogP contribution < -0.4 is 5.32 Å². The number of rotatable bonds is 6. The highest BCUT2D eigenvalue weighted by atomic mass is 32.2. The lowest BCUT2D eigenvalue weighted by Gasteiger charge is -2.22. The fraction of sp³-hybridized carbons (Fsp3) is 0.312. The van der Waals surface area contributed by atoms with Crippen molar-refractivity contribution in [3.8, 4) is 11.1 Å². The fourth-order valence-electron chi connectivity index (χ4n) is 2.04. The van der Waals surface area contributed by atoms with Gasteiger partial charge in [0.25, 0.3) is 5.91 Å². The lowest BCUT2D eigenvalue weighted by Crippen LogP contribution is -2.42. The van der Waals surface area contributed by atoms with E-state index in [4.69, 9.17) is 4.42 Å². The van der Waals surface area contributed by atoms with Crippen molar-refractivity contribution in [3.05, 3.63) is 48.4 Å². The molecule has 0 unspecified atom stereocenters. The zero-order chi connectivity index (χ0) is 15.3. The van der Waals surface area contributed by atoms with E-state index in [0.29, 0.717) is 5.75 Å². The van der Waals surface area contributed by atoms with E-state index in [2.05, 4.69) is 5.32 Å². The molecule has 2 rings (SSSR count). The van der Waals surface area contributed by atoms with Gasteiger partial charge in [-0.3, -0.25) is 4.79 Å². The summed E-state index contributed by atoms with van der Waals surface area (Å²) in [5.74, 6) is 0.498. The van der Waals surface area contributed by atoms with Gasteiger partial charge in [-0.05, 0) is 24.8 Å². The molecule has 1 heterocycles. The topological polar surface area (TPSA) is 62.5 Å². The lowest BCUT2D eigenvalue weighted by atomic mass is 10.1. The molecule has 112 valence electrons.